The van der Waals surface area contributed by atoms with E-state index in [1.54, 1.807) is 24.2 Å². The van der Waals surface area contributed by atoms with E-state index in [1.807, 2.05) is 44.2 Å². The lowest BCUT2D eigenvalue weighted by Crippen LogP contribution is -2.34. The molecule has 2 rings (SSSR count). The van der Waals surface area contributed by atoms with Crippen LogP contribution in [0.15, 0.2) is 42.7 Å². The van der Waals surface area contributed by atoms with Gasteiger partial charge in [-0.25, -0.2) is 0 Å². The lowest BCUT2D eigenvalue weighted by atomic mass is 10.0. The number of methoxy groups -OCH3 is 1. The van der Waals surface area contributed by atoms with Gasteiger partial charge in [-0.05, 0) is 37.1 Å². The molecule has 1 amide bonds. The van der Waals surface area contributed by atoms with Crippen LogP contribution in [-0.2, 0) is 4.79 Å². The van der Waals surface area contributed by atoms with Gasteiger partial charge in [-0.1, -0.05) is 19.1 Å². The normalized spacial score (nSPS) is 13.5. The van der Waals surface area contributed by atoms with Gasteiger partial charge in [0.1, 0.15) is 11.8 Å². The molecule has 0 bridgehead atoms. The van der Waals surface area contributed by atoms with Gasteiger partial charge < -0.3 is 10.1 Å². The van der Waals surface area contributed by atoms with Crippen molar-refractivity contribution in [3.8, 4) is 5.75 Å². The third kappa shape index (κ3) is 3.62. The van der Waals surface area contributed by atoms with E-state index in [9.17, 15) is 4.79 Å². The van der Waals surface area contributed by atoms with Gasteiger partial charge in [-0.3, -0.25) is 9.48 Å². The van der Waals surface area contributed by atoms with E-state index in [0.29, 0.717) is 0 Å². The summed E-state index contributed by atoms with van der Waals surface area (Å²) in [5.74, 6) is 0.770. The molecular formula is C16H21N3O2. The Kier molecular flexibility index (Phi) is 4.98. The van der Waals surface area contributed by atoms with Gasteiger partial charge in [-0.2, -0.15) is 5.10 Å². The number of hydrogen-bond acceptors (Lipinski definition) is 3. The minimum absolute atomic E-state index is 0.0126. The summed E-state index contributed by atoms with van der Waals surface area (Å²) in [6.45, 7) is 3.89. The van der Waals surface area contributed by atoms with Crippen molar-refractivity contribution >= 4 is 5.91 Å². The third-order valence-electron chi connectivity index (χ3n) is 3.54. The van der Waals surface area contributed by atoms with Crippen LogP contribution in [0.1, 0.15) is 37.9 Å². The first-order valence-corrected chi connectivity index (χ1v) is 7.09. The highest BCUT2D eigenvalue weighted by molar-refractivity contribution is 5.80. The lowest BCUT2D eigenvalue weighted by Gasteiger charge is -2.20. The topological polar surface area (TPSA) is 56.2 Å². The molecule has 2 unspecified atom stereocenters. The monoisotopic (exact) mass is 287 g/mol. The van der Waals surface area contributed by atoms with Crippen LogP contribution < -0.4 is 10.1 Å². The zero-order valence-electron chi connectivity index (χ0n) is 12.6. The summed E-state index contributed by atoms with van der Waals surface area (Å²) in [6.07, 6.45) is 4.28. The minimum Gasteiger partial charge on any atom is -0.497 e. The molecule has 0 radical (unpaired) electrons. The summed E-state index contributed by atoms with van der Waals surface area (Å²) < 4.78 is 6.80. The number of hydrogen-bond donors (Lipinski definition) is 1. The molecule has 0 saturated heterocycles. The minimum atomic E-state index is -0.327. The second kappa shape index (κ2) is 6.92. The first kappa shape index (κ1) is 15.1. The second-order valence-electron chi connectivity index (χ2n) is 4.90. The number of carbonyl (C=O) groups is 1. The Hall–Kier alpha value is -2.30. The van der Waals surface area contributed by atoms with E-state index in [1.165, 1.54) is 0 Å². The van der Waals surface area contributed by atoms with Crippen molar-refractivity contribution in [2.75, 3.05) is 7.11 Å². The quantitative estimate of drug-likeness (QED) is 0.888. The van der Waals surface area contributed by atoms with Crippen LogP contribution in [-0.4, -0.2) is 22.8 Å². The van der Waals surface area contributed by atoms with Gasteiger partial charge in [0.25, 0.3) is 0 Å². The lowest BCUT2D eigenvalue weighted by molar-refractivity contribution is -0.124. The Morgan fingerprint density at radius 1 is 1.38 bits per heavy atom. The van der Waals surface area contributed by atoms with Gasteiger partial charge in [0.15, 0.2) is 0 Å². The van der Waals surface area contributed by atoms with Crippen LogP contribution in [0.4, 0.5) is 0 Å². The number of aromatic nitrogens is 2. The average molecular weight is 287 g/mol. The van der Waals surface area contributed by atoms with Crippen LogP contribution in [0.25, 0.3) is 0 Å². The fourth-order valence-electron chi connectivity index (χ4n) is 2.18. The molecule has 112 valence electrons. The van der Waals surface area contributed by atoms with Crippen molar-refractivity contribution < 1.29 is 9.53 Å². The van der Waals surface area contributed by atoms with Crippen LogP contribution in [0, 0.1) is 0 Å². The molecule has 0 spiro atoms. The molecule has 5 nitrogen and oxygen atoms in total. The predicted molar refractivity (Wildman–Crippen MR) is 81.1 cm³/mol. The summed E-state index contributed by atoms with van der Waals surface area (Å²) in [7, 11) is 1.64. The molecule has 21 heavy (non-hydrogen) atoms. The van der Waals surface area contributed by atoms with Gasteiger partial charge in [0.05, 0.1) is 13.2 Å². The fraction of sp³-hybridized carbons (Fsp3) is 0.375. The Labute approximate surface area is 124 Å². The molecule has 0 saturated carbocycles. The van der Waals surface area contributed by atoms with E-state index in [0.717, 1.165) is 17.7 Å². The van der Waals surface area contributed by atoms with Gasteiger partial charge in [-0.15, -0.1) is 0 Å². The Morgan fingerprint density at radius 3 is 2.62 bits per heavy atom. The molecule has 0 aliphatic rings. The molecular weight excluding hydrogens is 266 g/mol. The zero-order valence-corrected chi connectivity index (χ0v) is 12.6. The number of benzene rings is 1. The van der Waals surface area contributed by atoms with Crippen molar-refractivity contribution in [1.82, 2.24) is 15.1 Å². The molecule has 1 heterocycles. The summed E-state index contributed by atoms with van der Waals surface area (Å²) >= 11 is 0. The molecule has 5 heteroatoms. The van der Waals surface area contributed by atoms with Crippen molar-refractivity contribution in [1.29, 1.82) is 0 Å². The average Bonchev–Trinajstić information content (AvgIpc) is 3.06. The van der Waals surface area contributed by atoms with Crippen molar-refractivity contribution in [2.24, 2.45) is 0 Å². The molecule has 0 aliphatic carbocycles. The maximum atomic E-state index is 12.3. The molecule has 2 aromatic rings. The summed E-state index contributed by atoms with van der Waals surface area (Å²) in [5.41, 5.74) is 1.07. The number of rotatable bonds is 6. The largest absolute Gasteiger partial charge is 0.497 e. The van der Waals surface area contributed by atoms with Crippen LogP contribution >= 0.6 is 0 Å². The van der Waals surface area contributed by atoms with E-state index < -0.39 is 0 Å². The smallest absolute Gasteiger partial charge is 0.245 e. The highest BCUT2D eigenvalue weighted by Gasteiger charge is 2.19. The number of amides is 1. The SMILES string of the molecule is CCC(NC(=O)C(C)n1cccn1)c1ccc(OC)cc1. The van der Waals surface area contributed by atoms with E-state index in [2.05, 4.69) is 10.4 Å². The van der Waals surface area contributed by atoms with Crippen molar-refractivity contribution in [2.45, 2.75) is 32.4 Å². The first-order chi connectivity index (χ1) is 10.2. The van der Waals surface area contributed by atoms with Crippen LogP contribution in [0.3, 0.4) is 0 Å². The molecule has 1 aromatic heterocycles. The zero-order chi connectivity index (χ0) is 15.2. The Balaban J connectivity index is 2.05. The highest BCUT2D eigenvalue weighted by atomic mass is 16.5. The maximum absolute atomic E-state index is 12.3. The fourth-order valence-corrected chi connectivity index (χ4v) is 2.18. The van der Waals surface area contributed by atoms with Crippen LogP contribution in [0.2, 0.25) is 0 Å². The third-order valence-corrected chi connectivity index (χ3v) is 3.54. The van der Waals surface area contributed by atoms with E-state index in [4.69, 9.17) is 4.74 Å². The molecule has 0 fully saturated rings. The van der Waals surface area contributed by atoms with Gasteiger partial charge in [0, 0.05) is 12.4 Å². The van der Waals surface area contributed by atoms with E-state index >= 15 is 0 Å². The molecule has 1 N–H and O–H groups in total. The van der Waals surface area contributed by atoms with Crippen molar-refractivity contribution in [3.63, 3.8) is 0 Å². The number of nitrogens with one attached hydrogen (secondary N) is 1. The number of nitrogens with zero attached hydrogens (tertiary/aromatic N) is 2. The standard InChI is InChI=1S/C16H21N3O2/c1-4-15(13-6-8-14(21-3)9-7-13)18-16(20)12(2)19-11-5-10-17-19/h5-12,15H,4H2,1-3H3,(H,18,20). The predicted octanol–water partition coefficient (Wildman–Crippen LogP) is 2.72. The second-order valence-corrected chi connectivity index (χ2v) is 4.90. The molecule has 0 aliphatic heterocycles. The van der Waals surface area contributed by atoms with Gasteiger partial charge in [0.2, 0.25) is 5.91 Å². The first-order valence-electron chi connectivity index (χ1n) is 7.09. The van der Waals surface area contributed by atoms with Gasteiger partial charge >= 0.3 is 0 Å². The van der Waals surface area contributed by atoms with E-state index in [-0.39, 0.29) is 18.0 Å². The summed E-state index contributed by atoms with van der Waals surface area (Å²) in [5, 5.41) is 7.17. The van der Waals surface area contributed by atoms with Crippen LogP contribution in [0.5, 0.6) is 5.75 Å². The summed E-state index contributed by atoms with van der Waals surface area (Å²) in [4.78, 5) is 12.3. The highest BCUT2D eigenvalue weighted by Crippen LogP contribution is 2.20. The molecule has 1 aromatic carbocycles. The Bertz CT molecular complexity index is 564. The maximum Gasteiger partial charge on any atom is 0.245 e. The van der Waals surface area contributed by atoms with Crippen molar-refractivity contribution in [3.05, 3.63) is 48.3 Å². The molecule has 2 atom stereocenters. The summed E-state index contributed by atoms with van der Waals surface area (Å²) in [6, 6.07) is 9.23. The number of carbonyl (C=O) groups excluding carboxylic acids is 1. The Morgan fingerprint density at radius 2 is 2.10 bits per heavy atom. The number of ether oxygens (including phenoxy) is 1.